The van der Waals surface area contributed by atoms with Gasteiger partial charge in [-0.25, -0.2) is 0 Å². The monoisotopic (exact) mass is 287 g/mol. The number of hydrogen-bond acceptors (Lipinski definition) is 4. The number of nitrogens with zero attached hydrogens (tertiary/aromatic N) is 3. The van der Waals surface area contributed by atoms with Gasteiger partial charge < -0.3 is 0 Å². The van der Waals surface area contributed by atoms with Crippen LogP contribution in [0.2, 0.25) is 0 Å². The number of likely N-dealkylation sites (tertiary alicyclic amines) is 1. The average Bonchev–Trinajstić information content (AvgIpc) is 2.95. The summed E-state index contributed by atoms with van der Waals surface area (Å²) >= 11 is 1.76. The summed E-state index contributed by atoms with van der Waals surface area (Å²) in [7, 11) is 0. The van der Waals surface area contributed by atoms with Crippen molar-refractivity contribution in [2.75, 3.05) is 13.1 Å². The molecule has 1 saturated heterocycles. The maximum absolute atomic E-state index is 4.40. The van der Waals surface area contributed by atoms with Crippen LogP contribution >= 0.6 is 11.3 Å². The standard InChI is InChI=1S/C16H21N3S/c1-13-4-5-14(8-18-13)7-15-3-2-6-19(10-15)11-16-9-17-12-20-16/h4-5,8-9,12,15H,2-3,6-7,10-11H2,1H3. The minimum atomic E-state index is 0.765. The Labute approximate surface area is 124 Å². The quantitative estimate of drug-likeness (QED) is 0.864. The Balaban J connectivity index is 1.56. The lowest BCUT2D eigenvalue weighted by Gasteiger charge is -2.32. The van der Waals surface area contributed by atoms with Crippen LogP contribution in [0.4, 0.5) is 0 Å². The minimum absolute atomic E-state index is 0.765. The van der Waals surface area contributed by atoms with E-state index in [1.165, 1.54) is 36.4 Å². The molecular weight excluding hydrogens is 266 g/mol. The normalized spacial score (nSPS) is 20.1. The van der Waals surface area contributed by atoms with E-state index in [1.807, 2.05) is 24.8 Å². The molecule has 1 fully saturated rings. The number of aromatic nitrogens is 2. The fourth-order valence-corrected chi connectivity index (χ4v) is 3.59. The summed E-state index contributed by atoms with van der Waals surface area (Å²) < 4.78 is 0. The van der Waals surface area contributed by atoms with E-state index in [1.54, 1.807) is 11.3 Å². The van der Waals surface area contributed by atoms with Gasteiger partial charge in [-0.2, -0.15) is 0 Å². The van der Waals surface area contributed by atoms with E-state index in [0.29, 0.717) is 0 Å². The van der Waals surface area contributed by atoms with Gasteiger partial charge in [0.2, 0.25) is 0 Å². The fraction of sp³-hybridized carbons (Fsp3) is 0.500. The highest BCUT2D eigenvalue weighted by atomic mass is 32.1. The minimum Gasteiger partial charge on any atom is -0.298 e. The predicted octanol–water partition coefficient (Wildman–Crippen LogP) is 3.30. The van der Waals surface area contributed by atoms with Gasteiger partial charge in [-0.15, -0.1) is 11.3 Å². The Morgan fingerprint density at radius 2 is 2.30 bits per heavy atom. The maximum Gasteiger partial charge on any atom is 0.0794 e. The Hall–Kier alpha value is -1.26. The molecule has 3 nitrogen and oxygen atoms in total. The second-order valence-corrected chi connectivity index (χ2v) is 6.69. The molecule has 106 valence electrons. The fourth-order valence-electron chi connectivity index (χ4n) is 2.95. The molecule has 0 saturated carbocycles. The van der Waals surface area contributed by atoms with Crippen molar-refractivity contribution in [3.8, 4) is 0 Å². The van der Waals surface area contributed by atoms with Crippen LogP contribution < -0.4 is 0 Å². The zero-order chi connectivity index (χ0) is 13.8. The second-order valence-electron chi connectivity index (χ2n) is 5.72. The van der Waals surface area contributed by atoms with Crippen LogP contribution in [-0.2, 0) is 13.0 Å². The topological polar surface area (TPSA) is 29.0 Å². The number of piperidine rings is 1. The molecule has 0 aromatic carbocycles. The van der Waals surface area contributed by atoms with E-state index >= 15 is 0 Å². The van der Waals surface area contributed by atoms with Crippen molar-refractivity contribution in [3.63, 3.8) is 0 Å². The first-order valence-electron chi connectivity index (χ1n) is 7.31. The summed E-state index contributed by atoms with van der Waals surface area (Å²) in [4.78, 5) is 12.5. The predicted molar refractivity (Wildman–Crippen MR) is 82.8 cm³/mol. The summed E-state index contributed by atoms with van der Waals surface area (Å²) in [6.07, 6.45) is 7.85. The lowest BCUT2D eigenvalue weighted by atomic mass is 9.92. The Kier molecular flexibility index (Phi) is 4.43. The molecule has 0 bridgehead atoms. The first-order chi connectivity index (χ1) is 9.79. The molecular formula is C16H21N3S. The van der Waals surface area contributed by atoms with Crippen molar-refractivity contribution >= 4 is 11.3 Å². The second kappa shape index (κ2) is 6.46. The highest BCUT2D eigenvalue weighted by molar-refractivity contribution is 7.09. The Morgan fingerprint density at radius 3 is 3.05 bits per heavy atom. The molecule has 0 radical (unpaired) electrons. The maximum atomic E-state index is 4.40. The van der Waals surface area contributed by atoms with Crippen molar-refractivity contribution in [2.24, 2.45) is 5.92 Å². The molecule has 20 heavy (non-hydrogen) atoms. The summed E-state index contributed by atoms with van der Waals surface area (Å²) in [6.45, 7) is 5.53. The molecule has 0 N–H and O–H groups in total. The highest BCUT2D eigenvalue weighted by Crippen LogP contribution is 2.22. The van der Waals surface area contributed by atoms with Crippen molar-refractivity contribution in [1.82, 2.24) is 14.9 Å². The molecule has 1 aliphatic heterocycles. The van der Waals surface area contributed by atoms with E-state index in [2.05, 4.69) is 27.0 Å². The molecule has 0 amide bonds. The van der Waals surface area contributed by atoms with E-state index in [-0.39, 0.29) is 0 Å². The molecule has 3 heterocycles. The molecule has 0 spiro atoms. The van der Waals surface area contributed by atoms with Gasteiger partial charge in [-0.05, 0) is 50.3 Å². The number of hydrogen-bond donors (Lipinski definition) is 0. The third-order valence-electron chi connectivity index (χ3n) is 3.96. The van der Waals surface area contributed by atoms with Gasteiger partial charge >= 0.3 is 0 Å². The SMILES string of the molecule is Cc1ccc(CC2CCCN(Cc3cncs3)C2)cn1. The van der Waals surface area contributed by atoms with Crippen molar-refractivity contribution in [2.45, 2.75) is 32.7 Å². The highest BCUT2D eigenvalue weighted by Gasteiger charge is 2.20. The molecule has 1 aliphatic rings. The van der Waals surface area contributed by atoms with Gasteiger partial charge in [0.1, 0.15) is 0 Å². The summed E-state index contributed by atoms with van der Waals surface area (Å²) in [6, 6.07) is 4.34. The third kappa shape index (κ3) is 3.64. The smallest absolute Gasteiger partial charge is 0.0794 e. The number of pyridine rings is 1. The van der Waals surface area contributed by atoms with Crippen LogP contribution in [0.25, 0.3) is 0 Å². The largest absolute Gasteiger partial charge is 0.298 e. The summed E-state index contributed by atoms with van der Waals surface area (Å²) in [5.74, 6) is 0.765. The van der Waals surface area contributed by atoms with Crippen LogP contribution in [0.3, 0.4) is 0 Å². The number of thiazole rings is 1. The third-order valence-corrected chi connectivity index (χ3v) is 4.73. The van der Waals surface area contributed by atoms with E-state index < -0.39 is 0 Å². The van der Waals surface area contributed by atoms with Gasteiger partial charge in [0, 0.05) is 36.1 Å². The first-order valence-corrected chi connectivity index (χ1v) is 8.19. The van der Waals surface area contributed by atoms with Crippen molar-refractivity contribution < 1.29 is 0 Å². The van der Waals surface area contributed by atoms with Gasteiger partial charge in [0.05, 0.1) is 5.51 Å². The Morgan fingerprint density at radius 1 is 1.35 bits per heavy atom. The number of aryl methyl sites for hydroxylation is 1. The van der Waals surface area contributed by atoms with Gasteiger partial charge in [0.25, 0.3) is 0 Å². The van der Waals surface area contributed by atoms with Gasteiger partial charge in [-0.1, -0.05) is 6.07 Å². The lowest BCUT2D eigenvalue weighted by Crippen LogP contribution is -2.35. The van der Waals surface area contributed by atoms with Crippen LogP contribution in [0.15, 0.2) is 30.0 Å². The molecule has 2 aromatic rings. The Bertz CT molecular complexity index is 521. The van der Waals surface area contributed by atoms with Gasteiger partial charge in [-0.3, -0.25) is 14.9 Å². The average molecular weight is 287 g/mol. The summed E-state index contributed by atoms with van der Waals surface area (Å²) in [5, 5.41) is 0. The number of rotatable bonds is 4. The lowest BCUT2D eigenvalue weighted by molar-refractivity contribution is 0.168. The molecule has 0 aliphatic carbocycles. The molecule has 1 unspecified atom stereocenters. The molecule has 4 heteroatoms. The van der Waals surface area contributed by atoms with Crippen LogP contribution in [0.5, 0.6) is 0 Å². The molecule has 1 atom stereocenters. The molecule has 2 aromatic heterocycles. The van der Waals surface area contributed by atoms with Crippen LogP contribution in [0.1, 0.15) is 29.0 Å². The van der Waals surface area contributed by atoms with Crippen molar-refractivity contribution in [1.29, 1.82) is 0 Å². The van der Waals surface area contributed by atoms with Gasteiger partial charge in [0.15, 0.2) is 0 Å². The first kappa shape index (κ1) is 13.7. The van der Waals surface area contributed by atoms with Crippen LogP contribution in [-0.4, -0.2) is 28.0 Å². The zero-order valence-electron chi connectivity index (χ0n) is 12.0. The molecule has 3 rings (SSSR count). The van der Waals surface area contributed by atoms with Crippen molar-refractivity contribution in [3.05, 3.63) is 46.2 Å². The van der Waals surface area contributed by atoms with Crippen LogP contribution in [0, 0.1) is 12.8 Å². The van der Waals surface area contributed by atoms with E-state index in [4.69, 9.17) is 0 Å². The zero-order valence-corrected chi connectivity index (χ0v) is 12.8. The van der Waals surface area contributed by atoms with E-state index in [9.17, 15) is 0 Å². The van der Waals surface area contributed by atoms with E-state index in [0.717, 1.165) is 24.6 Å². The summed E-state index contributed by atoms with van der Waals surface area (Å²) in [5.41, 5.74) is 4.40.